The van der Waals surface area contributed by atoms with Crippen LogP contribution < -0.4 is 10.5 Å². The number of nitrogens with zero attached hydrogens (tertiary/aromatic N) is 4. The van der Waals surface area contributed by atoms with E-state index in [2.05, 4.69) is 15.0 Å². The second kappa shape index (κ2) is 5.32. The lowest BCUT2D eigenvalue weighted by molar-refractivity contribution is -0.0503. The van der Waals surface area contributed by atoms with Crippen LogP contribution in [0.15, 0.2) is 11.1 Å². The van der Waals surface area contributed by atoms with Crippen LogP contribution in [0.25, 0.3) is 11.2 Å². The van der Waals surface area contributed by atoms with Crippen molar-refractivity contribution in [2.45, 2.75) is 24.5 Å². The van der Waals surface area contributed by atoms with E-state index in [1.165, 1.54) is 10.9 Å². The van der Waals surface area contributed by atoms with Gasteiger partial charge in [0.2, 0.25) is 5.95 Å². The summed E-state index contributed by atoms with van der Waals surface area (Å²) in [5, 5.41) is 29.3. The van der Waals surface area contributed by atoms with Crippen LogP contribution in [0.3, 0.4) is 0 Å². The average molecular weight is 311 g/mol. The molecule has 22 heavy (non-hydrogen) atoms. The Morgan fingerprint density at radius 1 is 1.41 bits per heavy atom. The zero-order chi connectivity index (χ0) is 16.0. The zero-order valence-corrected chi connectivity index (χ0v) is 12.0. The van der Waals surface area contributed by atoms with Gasteiger partial charge in [-0.1, -0.05) is 0 Å². The van der Waals surface area contributed by atoms with E-state index in [0.717, 1.165) is 0 Å². The minimum absolute atomic E-state index is 0.101. The topological polar surface area (TPSA) is 137 Å². The Morgan fingerprint density at radius 3 is 2.73 bits per heavy atom. The molecule has 2 aromatic heterocycles. The predicted molar refractivity (Wildman–Crippen MR) is 75.5 cm³/mol. The molecule has 0 radical (unpaired) electrons. The van der Waals surface area contributed by atoms with E-state index in [4.69, 9.17) is 4.74 Å². The average Bonchev–Trinajstić information content (AvgIpc) is 3.00. The van der Waals surface area contributed by atoms with E-state index < -0.39 is 36.7 Å². The standard InChI is InChI=1S/C12H17N5O5/c1-16(2)12-15-6-9(13-4-14-10(6)21)17(12)11-8(20)7(19)5(3-18)22-11/h4-5,7-8,11,18-20H,3H2,1-2H3,(H,13,14,21)/t5-,7-,8-,11-/m1/s1. The molecule has 3 rings (SSSR count). The van der Waals surface area contributed by atoms with E-state index in [9.17, 15) is 20.1 Å². The summed E-state index contributed by atoms with van der Waals surface area (Å²) >= 11 is 0. The Balaban J connectivity index is 2.19. The van der Waals surface area contributed by atoms with Crippen molar-refractivity contribution in [1.82, 2.24) is 19.5 Å². The number of ether oxygens (including phenoxy) is 1. The van der Waals surface area contributed by atoms with Crippen molar-refractivity contribution in [3.63, 3.8) is 0 Å². The lowest BCUT2D eigenvalue weighted by Crippen LogP contribution is -2.33. The van der Waals surface area contributed by atoms with Gasteiger partial charge in [-0.3, -0.25) is 9.36 Å². The van der Waals surface area contributed by atoms with Gasteiger partial charge in [0.05, 0.1) is 12.9 Å². The lowest BCUT2D eigenvalue weighted by Gasteiger charge is -2.21. The quantitative estimate of drug-likeness (QED) is 0.501. The van der Waals surface area contributed by atoms with Crippen LogP contribution in [-0.4, -0.2) is 73.9 Å². The lowest BCUT2D eigenvalue weighted by atomic mass is 10.1. The molecule has 0 unspecified atom stereocenters. The Labute approximate surface area is 124 Å². The number of fused-ring (bicyclic) bond motifs is 1. The van der Waals surface area contributed by atoms with Crippen LogP contribution >= 0.6 is 0 Å². The van der Waals surface area contributed by atoms with Gasteiger partial charge in [-0.25, -0.2) is 9.97 Å². The fourth-order valence-electron chi connectivity index (χ4n) is 2.55. The van der Waals surface area contributed by atoms with Crippen molar-refractivity contribution in [2.24, 2.45) is 0 Å². The smallest absolute Gasteiger partial charge is 0.278 e. The first kappa shape index (κ1) is 14.9. The summed E-state index contributed by atoms with van der Waals surface area (Å²) in [6.07, 6.45) is -3.24. The minimum Gasteiger partial charge on any atom is -0.394 e. The van der Waals surface area contributed by atoms with Gasteiger partial charge in [-0.2, -0.15) is 0 Å². The Kier molecular flexibility index (Phi) is 3.60. The number of imidazole rings is 1. The van der Waals surface area contributed by atoms with Gasteiger partial charge in [-0.05, 0) is 0 Å². The molecule has 2 aromatic rings. The highest BCUT2D eigenvalue weighted by Crippen LogP contribution is 2.34. The van der Waals surface area contributed by atoms with Crippen LogP contribution in [0.5, 0.6) is 0 Å². The third-order valence-electron chi connectivity index (χ3n) is 3.64. The Hall–Kier alpha value is -2.01. The van der Waals surface area contributed by atoms with Crippen LogP contribution in [0.2, 0.25) is 0 Å². The number of hydrogen-bond donors (Lipinski definition) is 4. The summed E-state index contributed by atoms with van der Waals surface area (Å²) in [5.74, 6) is 0.342. The number of aromatic nitrogens is 4. The first-order valence-electron chi connectivity index (χ1n) is 6.71. The highest BCUT2D eigenvalue weighted by atomic mass is 16.6. The third-order valence-corrected chi connectivity index (χ3v) is 3.64. The normalized spacial score (nSPS) is 28.4. The molecule has 0 aromatic carbocycles. The molecule has 1 aliphatic rings. The maximum absolute atomic E-state index is 11.9. The Morgan fingerprint density at radius 2 is 2.14 bits per heavy atom. The number of rotatable bonds is 3. The molecular formula is C12H17N5O5. The summed E-state index contributed by atoms with van der Waals surface area (Å²) < 4.78 is 6.95. The van der Waals surface area contributed by atoms with Crippen molar-refractivity contribution in [3.8, 4) is 0 Å². The maximum Gasteiger partial charge on any atom is 0.278 e. The molecule has 1 saturated heterocycles. The highest BCUT2D eigenvalue weighted by molar-refractivity contribution is 5.73. The van der Waals surface area contributed by atoms with E-state index in [0.29, 0.717) is 5.95 Å². The molecule has 4 atom stereocenters. The van der Waals surface area contributed by atoms with Gasteiger partial charge in [0.25, 0.3) is 5.56 Å². The molecule has 120 valence electrons. The number of aliphatic hydroxyl groups excluding tert-OH is 3. The number of hydrogen-bond acceptors (Lipinski definition) is 8. The molecule has 0 spiro atoms. The van der Waals surface area contributed by atoms with Crippen molar-refractivity contribution in [2.75, 3.05) is 25.6 Å². The van der Waals surface area contributed by atoms with Crippen LogP contribution in [0.1, 0.15) is 6.23 Å². The monoisotopic (exact) mass is 311 g/mol. The first-order valence-corrected chi connectivity index (χ1v) is 6.71. The van der Waals surface area contributed by atoms with Crippen LogP contribution in [0, 0.1) is 0 Å². The Bertz CT molecular complexity index is 741. The van der Waals surface area contributed by atoms with Gasteiger partial charge in [0.15, 0.2) is 17.4 Å². The van der Waals surface area contributed by atoms with Crippen LogP contribution in [0.4, 0.5) is 5.95 Å². The van der Waals surface area contributed by atoms with E-state index in [-0.39, 0.29) is 11.2 Å². The molecular weight excluding hydrogens is 294 g/mol. The van der Waals surface area contributed by atoms with E-state index in [1.54, 1.807) is 19.0 Å². The molecule has 3 heterocycles. The van der Waals surface area contributed by atoms with Crippen molar-refractivity contribution >= 4 is 17.1 Å². The van der Waals surface area contributed by atoms with Gasteiger partial charge in [0.1, 0.15) is 18.3 Å². The molecule has 0 amide bonds. The van der Waals surface area contributed by atoms with E-state index >= 15 is 0 Å². The van der Waals surface area contributed by atoms with Crippen LogP contribution in [-0.2, 0) is 4.74 Å². The fourth-order valence-corrected chi connectivity index (χ4v) is 2.55. The summed E-state index contributed by atoms with van der Waals surface area (Å²) in [6, 6.07) is 0. The molecule has 10 heteroatoms. The summed E-state index contributed by atoms with van der Waals surface area (Å²) in [4.78, 5) is 24.2. The summed E-state index contributed by atoms with van der Waals surface area (Å²) in [7, 11) is 3.43. The number of anilines is 1. The van der Waals surface area contributed by atoms with Gasteiger partial charge < -0.3 is 29.9 Å². The van der Waals surface area contributed by atoms with Gasteiger partial charge in [0, 0.05) is 14.1 Å². The van der Waals surface area contributed by atoms with Gasteiger partial charge >= 0.3 is 0 Å². The van der Waals surface area contributed by atoms with Gasteiger partial charge in [-0.15, -0.1) is 0 Å². The molecule has 10 nitrogen and oxygen atoms in total. The second-order valence-electron chi connectivity index (χ2n) is 5.31. The SMILES string of the molecule is CN(C)c1nc2c(=O)[nH]cnc2n1[C@@H]1O[C@H](CO)[C@@H](O)[C@H]1O. The molecule has 0 saturated carbocycles. The number of aliphatic hydroxyl groups is 3. The predicted octanol–water partition coefficient (Wildman–Crippen LogP) is -2.20. The molecule has 4 N–H and O–H groups in total. The molecule has 0 bridgehead atoms. The largest absolute Gasteiger partial charge is 0.394 e. The number of H-pyrrole nitrogens is 1. The van der Waals surface area contributed by atoms with Crippen molar-refractivity contribution in [3.05, 3.63) is 16.7 Å². The highest BCUT2D eigenvalue weighted by Gasteiger charge is 2.45. The second-order valence-corrected chi connectivity index (χ2v) is 5.31. The zero-order valence-electron chi connectivity index (χ0n) is 12.0. The summed E-state index contributed by atoms with van der Waals surface area (Å²) in [5.41, 5.74) is -0.0928. The molecule has 1 aliphatic heterocycles. The third kappa shape index (κ3) is 2.08. The van der Waals surface area contributed by atoms with Crippen molar-refractivity contribution < 1.29 is 20.1 Å². The molecule has 1 fully saturated rings. The summed E-state index contributed by atoms with van der Waals surface area (Å²) in [6.45, 7) is -0.438. The first-order chi connectivity index (χ1) is 10.5. The minimum atomic E-state index is -1.28. The fraction of sp³-hybridized carbons (Fsp3) is 0.583. The maximum atomic E-state index is 11.9. The molecule has 0 aliphatic carbocycles. The number of nitrogens with one attached hydrogen (secondary N) is 1. The number of aromatic amines is 1. The van der Waals surface area contributed by atoms with E-state index in [1.807, 2.05) is 0 Å². The van der Waals surface area contributed by atoms with Crippen molar-refractivity contribution in [1.29, 1.82) is 0 Å².